The molecule has 3 heterocycles. The van der Waals surface area contributed by atoms with E-state index in [1.54, 1.807) is 11.3 Å². The zero-order valence-corrected chi connectivity index (χ0v) is 37.8. The molecule has 4 nitrogen and oxygen atoms in total. The van der Waals surface area contributed by atoms with Gasteiger partial charge >= 0.3 is 0 Å². The molecule has 320 valence electrons. The van der Waals surface area contributed by atoms with Gasteiger partial charge in [-0.05, 0) is 109 Å². The van der Waals surface area contributed by atoms with Crippen molar-refractivity contribution in [3.8, 4) is 78.7 Å². The lowest BCUT2D eigenvalue weighted by atomic mass is 9.70. The van der Waals surface area contributed by atoms with Crippen LogP contribution in [0.1, 0.15) is 22.3 Å². The molecule has 0 bridgehead atoms. The molecule has 0 N–H and O–H groups in total. The van der Waals surface area contributed by atoms with Crippen LogP contribution in [0.25, 0.3) is 121 Å². The first-order chi connectivity index (χ1) is 34.2. The molecule has 0 fully saturated rings. The number of hydrogen-bond donors (Lipinski definition) is 0. The fourth-order valence-corrected chi connectivity index (χ4v) is 12.7. The molecular weight excluding hydrogens is 859 g/mol. The normalized spacial score (nSPS) is 13.0. The standard InChI is InChI=1S/C64H37N3OS/c1-2-14-38(15-3-1)61-65-62(43-28-31-48-47-21-7-11-27-58(47)69-59(48)37-43)67-63(66-61)49-22-13-26-57-60(49)51-36-42(30-33-56(51)68-57)40-17-12-16-39(34-40)41-29-32-55-50(35-41)46-20-6-10-25-54(46)64(55)52-23-8-4-18-44(52)45-19-5-9-24-53(45)64/h1-37H. The molecule has 0 saturated heterocycles. The highest BCUT2D eigenvalue weighted by Crippen LogP contribution is 2.63. The molecule has 0 unspecified atom stereocenters. The number of aromatic nitrogens is 3. The van der Waals surface area contributed by atoms with Crippen molar-refractivity contribution >= 4 is 53.4 Å². The molecule has 10 aromatic carbocycles. The minimum atomic E-state index is -0.360. The topological polar surface area (TPSA) is 51.8 Å². The van der Waals surface area contributed by atoms with Gasteiger partial charge in [-0.1, -0.05) is 182 Å². The number of thiophene rings is 1. The molecule has 0 atom stereocenters. The number of rotatable bonds is 5. The summed E-state index contributed by atoms with van der Waals surface area (Å²) in [4.78, 5) is 15.5. The van der Waals surface area contributed by atoms with Gasteiger partial charge in [0.15, 0.2) is 17.5 Å². The Kier molecular flexibility index (Phi) is 8.12. The lowest BCUT2D eigenvalue weighted by Gasteiger charge is -2.30. The van der Waals surface area contributed by atoms with E-state index in [9.17, 15) is 0 Å². The number of fused-ring (bicyclic) bond motifs is 16. The van der Waals surface area contributed by atoms with Crippen LogP contribution in [-0.2, 0) is 5.41 Å². The van der Waals surface area contributed by atoms with E-state index in [0.29, 0.717) is 17.5 Å². The Balaban J connectivity index is 0.849. The second kappa shape index (κ2) is 14.6. The van der Waals surface area contributed by atoms with E-state index >= 15 is 0 Å². The van der Waals surface area contributed by atoms with Gasteiger partial charge in [0, 0.05) is 47.6 Å². The first-order valence-corrected chi connectivity index (χ1v) is 24.2. The van der Waals surface area contributed by atoms with Crippen molar-refractivity contribution in [1.82, 2.24) is 15.0 Å². The van der Waals surface area contributed by atoms with Crippen molar-refractivity contribution in [2.24, 2.45) is 0 Å². The smallest absolute Gasteiger partial charge is 0.164 e. The van der Waals surface area contributed by atoms with Crippen molar-refractivity contribution in [3.05, 3.63) is 247 Å². The monoisotopic (exact) mass is 895 g/mol. The van der Waals surface area contributed by atoms with Gasteiger partial charge in [-0.2, -0.15) is 0 Å². The van der Waals surface area contributed by atoms with Gasteiger partial charge in [-0.15, -0.1) is 11.3 Å². The van der Waals surface area contributed by atoms with E-state index in [-0.39, 0.29) is 5.41 Å². The summed E-state index contributed by atoms with van der Waals surface area (Å²) >= 11 is 1.79. The Bertz CT molecular complexity index is 4230. The van der Waals surface area contributed by atoms with Crippen LogP contribution in [0.5, 0.6) is 0 Å². The molecule has 2 aliphatic carbocycles. The molecule has 0 saturated carbocycles. The van der Waals surface area contributed by atoms with Crippen LogP contribution >= 0.6 is 11.3 Å². The zero-order chi connectivity index (χ0) is 45.2. The molecule has 15 rings (SSSR count). The third-order valence-corrected chi connectivity index (χ3v) is 15.7. The van der Waals surface area contributed by atoms with Crippen molar-refractivity contribution in [1.29, 1.82) is 0 Å². The Morgan fingerprint density at radius 1 is 0.304 bits per heavy atom. The van der Waals surface area contributed by atoms with Gasteiger partial charge in [0.25, 0.3) is 0 Å². The van der Waals surface area contributed by atoms with Crippen LogP contribution in [0.4, 0.5) is 0 Å². The fourth-order valence-electron chi connectivity index (χ4n) is 11.6. The summed E-state index contributed by atoms with van der Waals surface area (Å²) in [6.07, 6.45) is 0. The zero-order valence-electron chi connectivity index (χ0n) is 37.0. The third-order valence-electron chi connectivity index (χ3n) is 14.6. The van der Waals surface area contributed by atoms with Gasteiger partial charge < -0.3 is 4.42 Å². The van der Waals surface area contributed by atoms with E-state index in [2.05, 4.69) is 194 Å². The Labute approximate surface area is 401 Å². The van der Waals surface area contributed by atoms with E-state index in [0.717, 1.165) is 49.8 Å². The summed E-state index contributed by atoms with van der Waals surface area (Å²) in [6, 6.07) is 81.0. The molecule has 1 spiro atoms. The lowest BCUT2D eigenvalue weighted by Crippen LogP contribution is -2.25. The third kappa shape index (κ3) is 5.59. The van der Waals surface area contributed by atoms with Crippen LogP contribution in [0.3, 0.4) is 0 Å². The van der Waals surface area contributed by atoms with E-state index in [1.807, 2.05) is 30.3 Å². The van der Waals surface area contributed by atoms with Crippen LogP contribution < -0.4 is 0 Å². The Morgan fingerprint density at radius 3 is 1.61 bits per heavy atom. The average molecular weight is 896 g/mol. The lowest BCUT2D eigenvalue weighted by molar-refractivity contribution is 0.669. The number of nitrogens with zero attached hydrogens (tertiary/aromatic N) is 3. The van der Waals surface area contributed by atoms with Gasteiger partial charge in [-0.3, -0.25) is 0 Å². The fraction of sp³-hybridized carbons (Fsp3) is 0.0156. The minimum Gasteiger partial charge on any atom is -0.456 e. The van der Waals surface area contributed by atoms with Crippen molar-refractivity contribution in [3.63, 3.8) is 0 Å². The van der Waals surface area contributed by atoms with Crippen LogP contribution in [-0.4, -0.2) is 15.0 Å². The first-order valence-electron chi connectivity index (χ1n) is 23.4. The van der Waals surface area contributed by atoms with Crippen LogP contribution in [0, 0.1) is 0 Å². The number of furan rings is 1. The van der Waals surface area contributed by atoms with Gasteiger partial charge in [-0.25, -0.2) is 15.0 Å². The second-order valence-electron chi connectivity index (χ2n) is 18.2. The maximum atomic E-state index is 6.59. The van der Waals surface area contributed by atoms with Crippen molar-refractivity contribution < 1.29 is 4.42 Å². The molecular formula is C64H37N3OS. The maximum Gasteiger partial charge on any atom is 0.164 e. The van der Waals surface area contributed by atoms with Crippen LogP contribution in [0.15, 0.2) is 229 Å². The summed E-state index contributed by atoms with van der Waals surface area (Å²) in [5.74, 6) is 1.85. The van der Waals surface area contributed by atoms with Crippen molar-refractivity contribution in [2.75, 3.05) is 0 Å². The maximum absolute atomic E-state index is 6.59. The van der Waals surface area contributed by atoms with Crippen LogP contribution in [0.2, 0.25) is 0 Å². The summed E-state index contributed by atoms with van der Waals surface area (Å²) in [5.41, 5.74) is 19.2. The van der Waals surface area contributed by atoms with E-state index < -0.39 is 0 Å². The predicted octanol–water partition coefficient (Wildman–Crippen LogP) is 16.8. The minimum absolute atomic E-state index is 0.360. The van der Waals surface area contributed by atoms with E-state index in [1.165, 1.54) is 75.8 Å². The van der Waals surface area contributed by atoms with Gasteiger partial charge in [0.05, 0.1) is 5.41 Å². The SMILES string of the molecule is c1ccc(-c2nc(-c3ccc4c(c3)sc3ccccc34)nc(-c3cccc4oc5ccc(-c6cccc(-c7ccc8c(c7)-c7ccccc7C87c8ccccc8-c8ccccc87)c6)cc5c34)n2)cc1. The first kappa shape index (κ1) is 38.3. The number of benzene rings is 10. The van der Waals surface area contributed by atoms with Gasteiger partial charge in [0.1, 0.15) is 11.2 Å². The quantitative estimate of drug-likeness (QED) is 0.173. The highest BCUT2D eigenvalue weighted by Gasteiger charge is 2.51. The molecule has 2 aliphatic rings. The molecule has 3 aromatic heterocycles. The summed E-state index contributed by atoms with van der Waals surface area (Å²) < 4.78 is 9.06. The van der Waals surface area contributed by atoms with Crippen molar-refractivity contribution in [2.45, 2.75) is 5.41 Å². The summed E-state index contributed by atoms with van der Waals surface area (Å²) in [5, 5.41) is 4.49. The largest absolute Gasteiger partial charge is 0.456 e. The number of hydrogen-bond acceptors (Lipinski definition) is 5. The summed E-state index contributed by atoms with van der Waals surface area (Å²) in [6.45, 7) is 0. The molecule has 0 amide bonds. The molecule has 69 heavy (non-hydrogen) atoms. The van der Waals surface area contributed by atoms with Gasteiger partial charge in [0.2, 0.25) is 0 Å². The Hall–Kier alpha value is -8.77. The highest BCUT2D eigenvalue weighted by atomic mass is 32.1. The summed E-state index contributed by atoms with van der Waals surface area (Å²) in [7, 11) is 0. The highest BCUT2D eigenvalue weighted by molar-refractivity contribution is 7.25. The predicted molar refractivity (Wildman–Crippen MR) is 283 cm³/mol. The van der Waals surface area contributed by atoms with E-state index in [4.69, 9.17) is 19.4 Å². The second-order valence-corrected chi connectivity index (χ2v) is 19.3. The molecule has 5 heteroatoms. The Morgan fingerprint density at radius 2 is 0.841 bits per heavy atom. The average Bonchev–Trinajstić information content (AvgIpc) is 4.16. The molecule has 0 radical (unpaired) electrons. The molecule has 13 aromatic rings. The molecule has 0 aliphatic heterocycles.